The minimum atomic E-state index is -0.565. The van der Waals surface area contributed by atoms with Crippen LogP contribution in [-0.4, -0.2) is 63.4 Å². The van der Waals surface area contributed by atoms with Gasteiger partial charge >= 0.3 is 0 Å². The monoisotopic (exact) mass is 413 g/mol. The number of anilines is 1. The standard InChI is InChI=1S/C24H32N2O4/c1-17-5-7-22(18(2)13-17)26-11-9-25(10-12-26)15-21(28)16-30-23-8-6-20(19(3)27)14-24(23)29-4/h5-8,13-14,21,28H,9-12,15-16H2,1-4H3/p+1. The molecule has 1 heterocycles. The number of methoxy groups -OCH3 is 1. The molecule has 1 atom stereocenters. The molecule has 0 aliphatic carbocycles. The van der Waals surface area contributed by atoms with Crippen molar-refractivity contribution >= 4 is 11.5 Å². The summed E-state index contributed by atoms with van der Waals surface area (Å²) in [7, 11) is 1.54. The lowest BCUT2D eigenvalue weighted by Crippen LogP contribution is -3.16. The molecule has 30 heavy (non-hydrogen) atoms. The summed E-state index contributed by atoms with van der Waals surface area (Å²) in [6.07, 6.45) is -0.565. The van der Waals surface area contributed by atoms with Crippen molar-refractivity contribution in [3.63, 3.8) is 0 Å². The average Bonchev–Trinajstić information content (AvgIpc) is 2.73. The number of aryl methyl sites for hydroxylation is 2. The lowest BCUT2D eigenvalue weighted by molar-refractivity contribution is -0.903. The zero-order valence-corrected chi connectivity index (χ0v) is 18.4. The average molecular weight is 414 g/mol. The second-order valence-corrected chi connectivity index (χ2v) is 8.12. The van der Waals surface area contributed by atoms with Crippen molar-refractivity contribution in [2.24, 2.45) is 0 Å². The lowest BCUT2D eigenvalue weighted by atomic mass is 10.1. The summed E-state index contributed by atoms with van der Waals surface area (Å²) in [4.78, 5) is 15.3. The Balaban J connectivity index is 1.48. The maximum absolute atomic E-state index is 11.5. The van der Waals surface area contributed by atoms with E-state index < -0.39 is 6.10 Å². The number of aliphatic hydroxyl groups excluding tert-OH is 1. The van der Waals surface area contributed by atoms with Crippen LogP contribution in [0.4, 0.5) is 5.69 Å². The molecule has 0 aromatic heterocycles. The predicted octanol–water partition coefficient (Wildman–Crippen LogP) is 1.66. The first kappa shape index (κ1) is 22.1. The maximum atomic E-state index is 11.5. The fraction of sp³-hybridized carbons (Fsp3) is 0.458. The summed E-state index contributed by atoms with van der Waals surface area (Å²) >= 11 is 0. The molecule has 6 nitrogen and oxygen atoms in total. The molecule has 0 radical (unpaired) electrons. The quantitative estimate of drug-likeness (QED) is 0.645. The number of carbonyl (C=O) groups excluding carboxylic acids is 1. The number of rotatable bonds is 8. The van der Waals surface area contributed by atoms with Gasteiger partial charge in [-0.25, -0.2) is 0 Å². The number of aliphatic hydroxyl groups is 1. The van der Waals surface area contributed by atoms with Crippen LogP contribution < -0.4 is 19.3 Å². The second-order valence-electron chi connectivity index (χ2n) is 8.12. The molecule has 1 fully saturated rings. The summed E-state index contributed by atoms with van der Waals surface area (Å²) in [5.74, 6) is 1.02. The predicted molar refractivity (Wildman–Crippen MR) is 118 cm³/mol. The Labute approximate surface area is 179 Å². The molecule has 1 saturated heterocycles. The number of nitrogens with zero attached hydrogens (tertiary/aromatic N) is 1. The number of benzene rings is 2. The Hall–Kier alpha value is -2.57. The summed E-state index contributed by atoms with van der Waals surface area (Å²) in [6.45, 7) is 10.6. The molecule has 6 heteroatoms. The van der Waals surface area contributed by atoms with Crippen LogP contribution in [-0.2, 0) is 0 Å². The molecule has 2 N–H and O–H groups in total. The van der Waals surface area contributed by atoms with Gasteiger partial charge in [-0.2, -0.15) is 0 Å². The molecule has 1 aliphatic heterocycles. The number of hydrogen-bond acceptors (Lipinski definition) is 5. The molecule has 0 amide bonds. The summed E-state index contributed by atoms with van der Waals surface area (Å²) in [5.41, 5.74) is 4.49. The van der Waals surface area contributed by atoms with Gasteiger partial charge in [0.2, 0.25) is 0 Å². The number of piperazine rings is 1. The summed E-state index contributed by atoms with van der Waals surface area (Å²) < 4.78 is 11.1. The van der Waals surface area contributed by atoms with Gasteiger partial charge in [-0.05, 0) is 50.6 Å². The van der Waals surface area contributed by atoms with E-state index in [4.69, 9.17) is 9.47 Å². The molecule has 162 valence electrons. The minimum Gasteiger partial charge on any atom is -0.493 e. The molecular formula is C24H33N2O4+. The Morgan fingerprint density at radius 3 is 2.50 bits per heavy atom. The zero-order valence-electron chi connectivity index (χ0n) is 18.4. The van der Waals surface area contributed by atoms with Crippen LogP contribution in [0.25, 0.3) is 0 Å². The van der Waals surface area contributed by atoms with Crippen LogP contribution >= 0.6 is 0 Å². The third-order valence-electron chi connectivity index (χ3n) is 5.69. The van der Waals surface area contributed by atoms with E-state index in [1.54, 1.807) is 25.3 Å². The highest BCUT2D eigenvalue weighted by atomic mass is 16.5. The molecule has 0 bridgehead atoms. The maximum Gasteiger partial charge on any atom is 0.161 e. The second kappa shape index (κ2) is 9.96. The molecule has 1 aliphatic rings. The van der Waals surface area contributed by atoms with E-state index in [9.17, 15) is 9.90 Å². The van der Waals surface area contributed by atoms with Crippen LogP contribution in [0.2, 0.25) is 0 Å². The van der Waals surface area contributed by atoms with Gasteiger partial charge < -0.3 is 24.4 Å². The summed E-state index contributed by atoms with van der Waals surface area (Å²) in [5, 5.41) is 10.5. The van der Waals surface area contributed by atoms with E-state index in [1.165, 1.54) is 28.6 Å². The van der Waals surface area contributed by atoms with Gasteiger partial charge in [0, 0.05) is 11.3 Å². The fourth-order valence-electron chi connectivity index (χ4n) is 4.01. The third kappa shape index (κ3) is 5.52. The normalized spacial score (nSPS) is 15.7. The van der Waals surface area contributed by atoms with Crippen molar-refractivity contribution in [2.45, 2.75) is 26.9 Å². The minimum absolute atomic E-state index is 0.0246. The number of quaternary nitrogens is 1. The number of nitrogens with one attached hydrogen (secondary N) is 1. The van der Waals surface area contributed by atoms with E-state index in [1.807, 2.05) is 0 Å². The molecular weight excluding hydrogens is 380 g/mol. The first-order valence-corrected chi connectivity index (χ1v) is 10.5. The highest BCUT2D eigenvalue weighted by Crippen LogP contribution is 2.28. The van der Waals surface area contributed by atoms with Crippen molar-refractivity contribution in [1.29, 1.82) is 0 Å². The lowest BCUT2D eigenvalue weighted by Gasteiger charge is -2.35. The van der Waals surface area contributed by atoms with Crippen molar-refractivity contribution < 1.29 is 24.3 Å². The van der Waals surface area contributed by atoms with Crippen LogP contribution in [0.1, 0.15) is 28.4 Å². The van der Waals surface area contributed by atoms with Crippen LogP contribution in [0.3, 0.4) is 0 Å². The topological polar surface area (TPSA) is 63.4 Å². The van der Waals surface area contributed by atoms with E-state index >= 15 is 0 Å². The van der Waals surface area contributed by atoms with Crippen molar-refractivity contribution in [2.75, 3.05) is 51.3 Å². The number of ketones is 1. The first-order valence-electron chi connectivity index (χ1n) is 10.5. The van der Waals surface area contributed by atoms with E-state index in [0.717, 1.165) is 26.2 Å². The number of hydrogen-bond donors (Lipinski definition) is 2. The Morgan fingerprint density at radius 1 is 1.13 bits per heavy atom. The van der Waals surface area contributed by atoms with Gasteiger partial charge in [-0.15, -0.1) is 0 Å². The smallest absolute Gasteiger partial charge is 0.161 e. The molecule has 0 saturated carbocycles. The third-order valence-corrected chi connectivity index (χ3v) is 5.69. The number of Topliss-reactive ketones (excluding diaryl/α,β-unsaturated/α-hetero) is 1. The Kier molecular flexibility index (Phi) is 7.34. The van der Waals surface area contributed by atoms with Crippen LogP contribution in [0.15, 0.2) is 36.4 Å². The molecule has 3 rings (SSSR count). The van der Waals surface area contributed by atoms with Crippen molar-refractivity contribution in [3.8, 4) is 11.5 Å². The fourth-order valence-corrected chi connectivity index (χ4v) is 4.01. The van der Waals surface area contributed by atoms with Gasteiger partial charge in [0.25, 0.3) is 0 Å². The van der Waals surface area contributed by atoms with Crippen molar-refractivity contribution in [1.82, 2.24) is 0 Å². The van der Waals surface area contributed by atoms with E-state index in [-0.39, 0.29) is 12.4 Å². The van der Waals surface area contributed by atoms with Gasteiger partial charge in [-0.1, -0.05) is 17.7 Å². The van der Waals surface area contributed by atoms with Crippen molar-refractivity contribution in [3.05, 3.63) is 53.1 Å². The van der Waals surface area contributed by atoms with Crippen LogP contribution in [0, 0.1) is 13.8 Å². The van der Waals surface area contributed by atoms with Crippen LogP contribution in [0.5, 0.6) is 11.5 Å². The Bertz CT molecular complexity index is 876. The highest BCUT2D eigenvalue weighted by molar-refractivity contribution is 5.94. The van der Waals surface area contributed by atoms with Gasteiger partial charge in [0.1, 0.15) is 19.3 Å². The van der Waals surface area contributed by atoms with E-state index in [0.29, 0.717) is 23.6 Å². The van der Waals surface area contributed by atoms with E-state index in [2.05, 4.69) is 36.9 Å². The number of ether oxygens (including phenoxy) is 2. The highest BCUT2D eigenvalue weighted by Gasteiger charge is 2.24. The first-order chi connectivity index (χ1) is 14.4. The summed E-state index contributed by atoms with van der Waals surface area (Å²) in [6, 6.07) is 11.7. The largest absolute Gasteiger partial charge is 0.493 e. The molecule has 2 aromatic rings. The Morgan fingerprint density at radius 2 is 1.87 bits per heavy atom. The number of carbonyl (C=O) groups is 1. The SMILES string of the molecule is COc1cc(C(C)=O)ccc1OCC(O)C[NH+]1CCN(c2ccc(C)cc2C)CC1. The molecule has 2 aromatic carbocycles. The molecule has 0 spiro atoms. The zero-order chi connectivity index (χ0) is 21.7. The van der Waals surface area contributed by atoms with Gasteiger partial charge in [-0.3, -0.25) is 4.79 Å². The molecule has 1 unspecified atom stereocenters. The van der Waals surface area contributed by atoms with Gasteiger partial charge in [0.05, 0.1) is 33.3 Å². The van der Waals surface area contributed by atoms with Gasteiger partial charge in [0.15, 0.2) is 17.3 Å².